The Morgan fingerprint density at radius 3 is 2.71 bits per heavy atom. The Hall–Kier alpha value is -4.25. The van der Waals surface area contributed by atoms with Crippen LogP contribution in [0.25, 0.3) is 11.0 Å². The second-order valence-electron chi connectivity index (χ2n) is 8.04. The molecule has 0 aliphatic carbocycles. The molecule has 1 aliphatic rings. The predicted octanol–water partition coefficient (Wildman–Crippen LogP) is 2.96. The number of carbonyl (C=O) groups excluding carboxylic acids is 2. The maximum Gasteiger partial charge on any atom is 0.300 e. The number of hydrogen-bond acceptors (Lipinski definition) is 6. The molecule has 0 atom stereocenters. The SMILES string of the molecule is C=CC(=O)N1Cc2cn(Cc3ccc4cc(C(=O)NS(=O)(=O)c5ccccc5F)oc4c3)nc2C1. The monoisotopic (exact) mass is 494 g/mol. The van der Waals surface area contributed by atoms with Crippen molar-refractivity contribution in [3.63, 3.8) is 0 Å². The Bertz CT molecular complexity index is 1580. The summed E-state index contributed by atoms with van der Waals surface area (Å²) in [7, 11) is -4.41. The number of nitrogens with one attached hydrogen (secondary N) is 1. The molecule has 0 saturated heterocycles. The van der Waals surface area contributed by atoms with E-state index in [0.717, 1.165) is 29.0 Å². The van der Waals surface area contributed by atoms with Crippen molar-refractivity contribution in [2.75, 3.05) is 0 Å². The first-order valence-corrected chi connectivity index (χ1v) is 12.0. The average Bonchev–Trinajstić information content (AvgIpc) is 3.51. The minimum atomic E-state index is -4.41. The fourth-order valence-electron chi connectivity index (χ4n) is 3.94. The quantitative estimate of drug-likeness (QED) is 0.412. The first-order valence-electron chi connectivity index (χ1n) is 10.5. The number of carbonyl (C=O) groups is 2. The van der Waals surface area contributed by atoms with Gasteiger partial charge in [0.1, 0.15) is 16.3 Å². The van der Waals surface area contributed by atoms with Crippen LogP contribution >= 0.6 is 0 Å². The predicted molar refractivity (Wildman–Crippen MR) is 123 cm³/mol. The van der Waals surface area contributed by atoms with E-state index in [0.29, 0.717) is 30.6 Å². The van der Waals surface area contributed by atoms with Gasteiger partial charge in [-0.3, -0.25) is 14.3 Å². The molecule has 2 aromatic carbocycles. The Balaban J connectivity index is 1.31. The summed E-state index contributed by atoms with van der Waals surface area (Å²) in [6.45, 7) is 4.84. The van der Waals surface area contributed by atoms with Crippen molar-refractivity contribution in [3.05, 3.63) is 95.8 Å². The van der Waals surface area contributed by atoms with E-state index in [1.54, 1.807) is 21.7 Å². The van der Waals surface area contributed by atoms with Crippen LogP contribution in [0.15, 0.2) is 76.7 Å². The number of amides is 2. The molecule has 1 N–H and O–H groups in total. The van der Waals surface area contributed by atoms with E-state index < -0.39 is 26.6 Å². The summed E-state index contributed by atoms with van der Waals surface area (Å²) in [5.41, 5.74) is 3.03. The first kappa shape index (κ1) is 22.5. The van der Waals surface area contributed by atoms with Crippen molar-refractivity contribution in [2.45, 2.75) is 24.5 Å². The lowest BCUT2D eigenvalue weighted by Gasteiger charge is -2.12. The number of sulfonamides is 1. The topological polar surface area (TPSA) is 115 Å². The van der Waals surface area contributed by atoms with Crippen molar-refractivity contribution < 1.29 is 26.8 Å². The van der Waals surface area contributed by atoms with Gasteiger partial charge in [-0.15, -0.1) is 0 Å². The number of benzene rings is 2. The molecule has 9 nitrogen and oxygen atoms in total. The smallest absolute Gasteiger partial charge is 0.300 e. The largest absolute Gasteiger partial charge is 0.451 e. The van der Waals surface area contributed by atoms with E-state index in [2.05, 4.69) is 11.7 Å². The third-order valence-corrected chi connectivity index (χ3v) is 6.98. The maximum absolute atomic E-state index is 13.9. The molecule has 0 saturated carbocycles. The third-order valence-electron chi connectivity index (χ3n) is 5.62. The standard InChI is InChI=1S/C24H19FN4O5S/c1-2-23(30)28-12-17-13-29(26-19(17)14-28)11-15-7-8-16-10-21(34-20(16)9-15)24(31)27-35(32,33)22-6-4-3-5-18(22)25/h2-10,13H,1,11-12,14H2,(H,27,31). The Morgan fingerprint density at radius 1 is 1.17 bits per heavy atom. The van der Waals surface area contributed by atoms with Gasteiger partial charge in [-0.25, -0.2) is 17.5 Å². The average molecular weight is 495 g/mol. The fourth-order valence-corrected chi connectivity index (χ4v) is 4.98. The van der Waals surface area contributed by atoms with Crippen molar-refractivity contribution in [2.24, 2.45) is 0 Å². The van der Waals surface area contributed by atoms with E-state index >= 15 is 0 Å². The molecule has 0 fully saturated rings. The number of aromatic nitrogens is 2. The molecular formula is C24H19FN4O5S. The molecule has 2 aromatic heterocycles. The van der Waals surface area contributed by atoms with Crippen molar-refractivity contribution in [1.29, 1.82) is 0 Å². The second-order valence-corrected chi connectivity index (χ2v) is 9.70. The molecular weight excluding hydrogens is 475 g/mol. The summed E-state index contributed by atoms with van der Waals surface area (Å²) >= 11 is 0. The van der Waals surface area contributed by atoms with Gasteiger partial charge in [0.25, 0.3) is 10.0 Å². The first-order chi connectivity index (χ1) is 16.7. The number of nitrogens with zero attached hydrogens (tertiary/aromatic N) is 3. The molecule has 4 aromatic rings. The summed E-state index contributed by atoms with van der Waals surface area (Å²) < 4.78 is 47.8. The summed E-state index contributed by atoms with van der Waals surface area (Å²) in [4.78, 5) is 25.3. The van der Waals surface area contributed by atoms with Crippen LogP contribution in [0.5, 0.6) is 0 Å². The summed E-state index contributed by atoms with van der Waals surface area (Å²) in [6.07, 6.45) is 3.16. The number of furan rings is 1. The normalized spacial score (nSPS) is 13.1. The lowest BCUT2D eigenvalue weighted by atomic mass is 10.1. The molecule has 178 valence electrons. The van der Waals surface area contributed by atoms with Crippen LogP contribution in [-0.2, 0) is 34.5 Å². The summed E-state index contributed by atoms with van der Waals surface area (Å²) in [5, 5.41) is 5.14. The van der Waals surface area contributed by atoms with Crippen LogP contribution in [0, 0.1) is 5.82 Å². The van der Waals surface area contributed by atoms with Gasteiger partial charge in [0, 0.05) is 23.7 Å². The molecule has 11 heteroatoms. The Kier molecular flexibility index (Phi) is 5.48. The van der Waals surface area contributed by atoms with Crippen LogP contribution in [-0.4, -0.2) is 34.9 Å². The molecule has 5 rings (SSSR count). The lowest BCUT2D eigenvalue weighted by molar-refractivity contribution is -0.126. The van der Waals surface area contributed by atoms with Gasteiger partial charge in [0.05, 0.1) is 18.8 Å². The third kappa shape index (κ3) is 4.33. The van der Waals surface area contributed by atoms with Crippen LogP contribution in [0.3, 0.4) is 0 Å². The lowest BCUT2D eigenvalue weighted by Crippen LogP contribution is -2.30. The molecule has 0 unspecified atom stereocenters. The maximum atomic E-state index is 13.9. The van der Waals surface area contributed by atoms with E-state index in [4.69, 9.17) is 4.42 Å². The molecule has 0 bridgehead atoms. The molecule has 0 spiro atoms. The Labute approximate surface area is 199 Å². The second kappa shape index (κ2) is 8.51. The molecule has 35 heavy (non-hydrogen) atoms. The van der Waals surface area contributed by atoms with E-state index in [1.165, 1.54) is 24.3 Å². The number of rotatable bonds is 6. The van der Waals surface area contributed by atoms with Crippen LogP contribution in [0.4, 0.5) is 4.39 Å². The van der Waals surface area contributed by atoms with Gasteiger partial charge < -0.3 is 9.32 Å². The molecule has 3 heterocycles. The highest BCUT2D eigenvalue weighted by atomic mass is 32.2. The summed E-state index contributed by atoms with van der Waals surface area (Å²) in [6, 6.07) is 11.5. The fraction of sp³-hybridized carbons (Fsp3) is 0.125. The van der Waals surface area contributed by atoms with Gasteiger partial charge in [0.2, 0.25) is 5.91 Å². The van der Waals surface area contributed by atoms with Gasteiger partial charge in [0.15, 0.2) is 5.76 Å². The minimum Gasteiger partial charge on any atom is -0.451 e. The van der Waals surface area contributed by atoms with Crippen molar-refractivity contribution in [3.8, 4) is 0 Å². The number of hydrogen-bond donors (Lipinski definition) is 1. The van der Waals surface area contributed by atoms with Crippen LogP contribution < -0.4 is 4.72 Å². The number of fused-ring (bicyclic) bond motifs is 2. The van der Waals surface area contributed by atoms with Gasteiger partial charge in [-0.1, -0.05) is 30.8 Å². The van der Waals surface area contributed by atoms with Gasteiger partial charge in [-0.2, -0.15) is 5.10 Å². The van der Waals surface area contributed by atoms with E-state index in [9.17, 15) is 22.4 Å². The highest BCUT2D eigenvalue weighted by Gasteiger charge is 2.26. The number of halogens is 1. The summed E-state index contributed by atoms with van der Waals surface area (Å²) in [5.74, 6) is -2.33. The zero-order valence-corrected chi connectivity index (χ0v) is 19.1. The van der Waals surface area contributed by atoms with Crippen LogP contribution in [0.2, 0.25) is 0 Å². The molecule has 1 aliphatic heterocycles. The molecule has 2 amide bonds. The molecule has 0 radical (unpaired) electrons. The van der Waals surface area contributed by atoms with Gasteiger partial charge in [-0.05, 0) is 35.9 Å². The van der Waals surface area contributed by atoms with Crippen molar-refractivity contribution in [1.82, 2.24) is 19.4 Å². The highest BCUT2D eigenvalue weighted by Crippen LogP contribution is 2.24. The van der Waals surface area contributed by atoms with Crippen LogP contribution in [0.1, 0.15) is 27.4 Å². The zero-order chi connectivity index (χ0) is 24.7. The Morgan fingerprint density at radius 2 is 1.97 bits per heavy atom. The van der Waals surface area contributed by atoms with Gasteiger partial charge >= 0.3 is 5.91 Å². The highest BCUT2D eigenvalue weighted by molar-refractivity contribution is 7.90. The van der Waals surface area contributed by atoms with Crippen molar-refractivity contribution >= 4 is 32.8 Å². The van der Waals surface area contributed by atoms with E-state index in [-0.39, 0.29) is 11.7 Å². The zero-order valence-electron chi connectivity index (χ0n) is 18.3. The minimum absolute atomic E-state index is 0.139. The van der Waals surface area contributed by atoms with E-state index in [1.807, 2.05) is 17.0 Å².